The van der Waals surface area contributed by atoms with Crippen molar-refractivity contribution in [2.24, 2.45) is 0 Å². The first kappa shape index (κ1) is 13.1. The summed E-state index contributed by atoms with van der Waals surface area (Å²) >= 11 is 5.91. The number of likely N-dealkylation sites (tertiary alicyclic amines) is 1. The Morgan fingerprint density at radius 2 is 2.17 bits per heavy atom. The van der Waals surface area contributed by atoms with Crippen molar-refractivity contribution in [3.05, 3.63) is 17.5 Å². The first-order valence-electron chi connectivity index (χ1n) is 6.24. The molecule has 0 atom stereocenters. The van der Waals surface area contributed by atoms with Crippen LogP contribution in [0, 0.1) is 0 Å². The van der Waals surface area contributed by atoms with Crippen molar-refractivity contribution in [1.82, 2.24) is 14.9 Å². The van der Waals surface area contributed by atoms with Crippen LogP contribution in [-0.2, 0) is 4.79 Å². The van der Waals surface area contributed by atoms with Crippen LogP contribution >= 0.6 is 11.6 Å². The maximum Gasteiger partial charge on any atom is 0.224 e. The molecule has 1 saturated heterocycles. The molecule has 0 aliphatic carbocycles. The monoisotopic (exact) mass is 268 g/mol. The molecule has 0 bridgehead atoms. The molecule has 1 fully saturated rings. The summed E-state index contributed by atoms with van der Waals surface area (Å²) < 4.78 is 0. The van der Waals surface area contributed by atoms with Crippen molar-refractivity contribution >= 4 is 23.3 Å². The summed E-state index contributed by atoms with van der Waals surface area (Å²) in [4.78, 5) is 21.6. The lowest BCUT2D eigenvalue weighted by Gasteiger charge is -2.26. The minimum absolute atomic E-state index is 0.201. The van der Waals surface area contributed by atoms with E-state index in [2.05, 4.69) is 15.3 Å². The summed E-state index contributed by atoms with van der Waals surface area (Å²) in [6.45, 7) is 2.34. The second-order valence-corrected chi connectivity index (χ2v) is 4.74. The number of carbonyl (C=O) groups excluding carboxylic acids is 1. The highest BCUT2D eigenvalue weighted by molar-refractivity contribution is 6.32. The quantitative estimate of drug-likeness (QED) is 0.907. The third-order valence-corrected chi connectivity index (χ3v) is 3.28. The average molecular weight is 269 g/mol. The maximum absolute atomic E-state index is 11.9. The smallest absolute Gasteiger partial charge is 0.224 e. The number of hydrogen-bond acceptors (Lipinski definition) is 4. The normalized spacial score (nSPS) is 15.5. The zero-order chi connectivity index (χ0) is 12.8. The van der Waals surface area contributed by atoms with Crippen LogP contribution in [0.2, 0.25) is 5.02 Å². The highest BCUT2D eigenvalue weighted by Crippen LogP contribution is 2.16. The van der Waals surface area contributed by atoms with E-state index >= 15 is 0 Å². The molecule has 6 heteroatoms. The van der Waals surface area contributed by atoms with Crippen molar-refractivity contribution in [2.75, 3.05) is 25.0 Å². The Morgan fingerprint density at radius 1 is 1.39 bits per heavy atom. The number of amides is 1. The first-order chi connectivity index (χ1) is 8.77. The van der Waals surface area contributed by atoms with Crippen LogP contribution in [0.3, 0.4) is 0 Å². The number of halogens is 1. The van der Waals surface area contributed by atoms with Gasteiger partial charge in [-0.15, -0.1) is 0 Å². The lowest BCUT2D eigenvalue weighted by atomic mass is 10.1. The Balaban J connectivity index is 1.75. The van der Waals surface area contributed by atoms with Crippen LogP contribution in [0.15, 0.2) is 12.5 Å². The summed E-state index contributed by atoms with van der Waals surface area (Å²) in [5.41, 5.74) is 0. The summed E-state index contributed by atoms with van der Waals surface area (Å²) in [5.74, 6) is 0.783. The van der Waals surface area contributed by atoms with Crippen LogP contribution in [0.1, 0.15) is 25.7 Å². The summed E-state index contributed by atoms with van der Waals surface area (Å²) in [6, 6.07) is 0. The number of nitrogens with zero attached hydrogens (tertiary/aromatic N) is 3. The third-order valence-electron chi connectivity index (χ3n) is 3.01. The molecule has 1 aromatic rings. The zero-order valence-corrected chi connectivity index (χ0v) is 11.0. The Morgan fingerprint density at radius 3 is 2.89 bits per heavy atom. The number of anilines is 1. The Hall–Kier alpha value is -1.36. The third kappa shape index (κ3) is 3.57. The minimum atomic E-state index is 0.201. The molecule has 1 N–H and O–H groups in total. The van der Waals surface area contributed by atoms with Gasteiger partial charge in [-0.25, -0.2) is 9.97 Å². The van der Waals surface area contributed by atoms with E-state index in [4.69, 9.17) is 11.6 Å². The van der Waals surface area contributed by atoms with E-state index in [1.54, 1.807) is 0 Å². The van der Waals surface area contributed by atoms with Gasteiger partial charge >= 0.3 is 0 Å². The van der Waals surface area contributed by atoms with Crippen molar-refractivity contribution in [1.29, 1.82) is 0 Å². The lowest BCUT2D eigenvalue weighted by molar-refractivity contribution is -0.131. The molecule has 2 rings (SSSR count). The molecule has 1 aliphatic heterocycles. The van der Waals surface area contributed by atoms with E-state index in [1.165, 1.54) is 18.9 Å². The van der Waals surface area contributed by atoms with Gasteiger partial charge in [-0.1, -0.05) is 11.6 Å². The summed E-state index contributed by atoms with van der Waals surface area (Å²) in [6.07, 6.45) is 6.91. The highest BCUT2D eigenvalue weighted by atomic mass is 35.5. The van der Waals surface area contributed by atoms with Gasteiger partial charge in [0, 0.05) is 26.1 Å². The number of rotatable bonds is 4. The Kier molecular flexibility index (Phi) is 4.75. The van der Waals surface area contributed by atoms with Gasteiger partial charge in [0.25, 0.3) is 0 Å². The van der Waals surface area contributed by atoms with Crippen LogP contribution in [0.4, 0.5) is 5.82 Å². The van der Waals surface area contributed by atoms with Crippen molar-refractivity contribution in [2.45, 2.75) is 25.7 Å². The van der Waals surface area contributed by atoms with Gasteiger partial charge in [0.15, 0.2) is 0 Å². The second-order valence-electron chi connectivity index (χ2n) is 4.34. The topological polar surface area (TPSA) is 58.1 Å². The number of nitrogens with one attached hydrogen (secondary N) is 1. The molecule has 2 heterocycles. The van der Waals surface area contributed by atoms with Gasteiger partial charge in [-0.3, -0.25) is 4.79 Å². The lowest BCUT2D eigenvalue weighted by Crippen LogP contribution is -2.36. The van der Waals surface area contributed by atoms with Gasteiger partial charge in [0.1, 0.15) is 17.2 Å². The number of carbonyl (C=O) groups is 1. The minimum Gasteiger partial charge on any atom is -0.368 e. The fraction of sp³-hybridized carbons (Fsp3) is 0.583. The molecular weight excluding hydrogens is 252 g/mol. The molecule has 0 unspecified atom stereocenters. The predicted octanol–water partition coefficient (Wildman–Crippen LogP) is 1.94. The number of piperidine rings is 1. The van der Waals surface area contributed by atoms with Gasteiger partial charge in [-0.05, 0) is 19.3 Å². The standard InChI is InChI=1S/C12H17ClN4O/c13-10-8-14-9-16-12(10)15-5-4-11(18)17-6-2-1-3-7-17/h8-9H,1-7H2,(H,14,15,16). The van der Waals surface area contributed by atoms with Crippen molar-refractivity contribution < 1.29 is 4.79 Å². The molecule has 0 spiro atoms. The fourth-order valence-corrected chi connectivity index (χ4v) is 2.20. The van der Waals surface area contributed by atoms with Crippen LogP contribution < -0.4 is 5.32 Å². The van der Waals surface area contributed by atoms with E-state index < -0.39 is 0 Å². The first-order valence-corrected chi connectivity index (χ1v) is 6.62. The predicted molar refractivity (Wildman–Crippen MR) is 70.6 cm³/mol. The highest BCUT2D eigenvalue weighted by Gasteiger charge is 2.15. The van der Waals surface area contributed by atoms with Gasteiger partial charge in [0.05, 0.1) is 6.20 Å². The molecule has 0 saturated carbocycles. The maximum atomic E-state index is 11.9. The number of hydrogen-bond donors (Lipinski definition) is 1. The Labute approximate surface area is 112 Å². The molecule has 0 aromatic carbocycles. The summed E-state index contributed by atoms with van der Waals surface area (Å²) in [7, 11) is 0. The molecule has 1 aromatic heterocycles. The number of aromatic nitrogens is 2. The molecule has 5 nitrogen and oxygen atoms in total. The SMILES string of the molecule is O=C(CCNc1ncncc1Cl)N1CCCCC1. The van der Waals surface area contributed by atoms with E-state index in [9.17, 15) is 4.79 Å². The second kappa shape index (κ2) is 6.54. The van der Waals surface area contributed by atoms with Crippen LogP contribution in [-0.4, -0.2) is 40.4 Å². The van der Waals surface area contributed by atoms with Crippen molar-refractivity contribution in [3.8, 4) is 0 Å². The molecule has 18 heavy (non-hydrogen) atoms. The molecule has 1 aliphatic rings. The average Bonchev–Trinajstić information content (AvgIpc) is 2.42. The van der Waals surface area contributed by atoms with E-state index in [-0.39, 0.29) is 5.91 Å². The summed E-state index contributed by atoms with van der Waals surface area (Å²) in [5, 5.41) is 3.53. The van der Waals surface area contributed by atoms with Crippen LogP contribution in [0.25, 0.3) is 0 Å². The van der Waals surface area contributed by atoms with Crippen molar-refractivity contribution in [3.63, 3.8) is 0 Å². The Bertz CT molecular complexity index is 407. The van der Waals surface area contributed by atoms with E-state index in [0.717, 1.165) is 25.9 Å². The molecule has 98 valence electrons. The molecule has 0 radical (unpaired) electrons. The van der Waals surface area contributed by atoms with Gasteiger partial charge in [0.2, 0.25) is 5.91 Å². The zero-order valence-electron chi connectivity index (χ0n) is 10.2. The van der Waals surface area contributed by atoms with Gasteiger partial charge in [-0.2, -0.15) is 0 Å². The molecular formula is C12H17ClN4O. The van der Waals surface area contributed by atoms with Crippen LogP contribution in [0.5, 0.6) is 0 Å². The van der Waals surface area contributed by atoms with Gasteiger partial charge < -0.3 is 10.2 Å². The van der Waals surface area contributed by atoms with E-state index in [1.807, 2.05) is 4.90 Å². The fourth-order valence-electron chi connectivity index (χ4n) is 2.03. The largest absolute Gasteiger partial charge is 0.368 e. The molecule has 1 amide bonds. The van der Waals surface area contributed by atoms with E-state index in [0.29, 0.717) is 23.8 Å².